The first-order valence-corrected chi connectivity index (χ1v) is 13.2. The molecule has 36 heavy (non-hydrogen) atoms. The fourth-order valence-corrected chi connectivity index (χ4v) is 8.06. The number of carbonyl (C=O) groups is 4. The maximum absolute atomic E-state index is 13.8. The fourth-order valence-electron chi connectivity index (χ4n) is 6.64. The van der Waals surface area contributed by atoms with E-state index >= 15 is 0 Å². The lowest BCUT2D eigenvalue weighted by atomic mass is 9.56. The molecule has 3 fully saturated rings. The number of fused-ring (bicyclic) bond motifs is 5. The monoisotopic (exact) mass is 592 g/mol. The molecular weight excluding hydrogens is 575 g/mol. The number of hydroxylamine groups is 2. The van der Waals surface area contributed by atoms with Crippen LogP contribution in [0.2, 0.25) is 0 Å². The number of halogens is 3. The fraction of sp³-hybridized carbons (Fsp3) is 0.360. The number of benzene rings is 2. The molecule has 0 spiro atoms. The van der Waals surface area contributed by atoms with Gasteiger partial charge in [-0.25, -0.2) is 0 Å². The summed E-state index contributed by atoms with van der Waals surface area (Å²) in [5, 5.41) is 21.9. The van der Waals surface area contributed by atoms with Gasteiger partial charge in [-0.1, -0.05) is 57.9 Å². The summed E-state index contributed by atoms with van der Waals surface area (Å²) in [6.45, 7) is 0. The average molecular weight is 594 g/mol. The molecule has 6 rings (SSSR count). The molecule has 2 heterocycles. The zero-order chi connectivity index (χ0) is 25.7. The second-order valence-electron chi connectivity index (χ2n) is 9.69. The lowest BCUT2D eigenvalue weighted by Crippen LogP contribution is -2.60. The summed E-state index contributed by atoms with van der Waals surface area (Å²) in [6.07, 6.45) is 1.80. The highest BCUT2D eigenvalue weighted by Gasteiger charge is 2.76. The molecule has 0 radical (unpaired) electrons. The number of likely N-dealkylation sites (tertiary alicyclic amines) is 1. The Morgan fingerprint density at radius 3 is 2.36 bits per heavy atom. The number of phenols is 1. The molecule has 2 saturated heterocycles. The molecule has 186 valence electrons. The minimum atomic E-state index is -1.93. The Hall–Kier alpha value is -2.46. The first-order valence-electron chi connectivity index (χ1n) is 11.3. The molecule has 2 aromatic rings. The first kappa shape index (κ1) is 23.9. The minimum absolute atomic E-state index is 0.0311. The van der Waals surface area contributed by atoms with Crippen LogP contribution in [0.25, 0.3) is 10.8 Å². The van der Waals surface area contributed by atoms with Crippen molar-refractivity contribution in [2.24, 2.45) is 17.8 Å². The van der Waals surface area contributed by atoms with Crippen LogP contribution in [-0.4, -0.2) is 59.1 Å². The molecule has 2 aliphatic carbocycles. The van der Waals surface area contributed by atoms with Crippen LogP contribution in [0.3, 0.4) is 0 Å². The van der Waals surface area contributed by atoms with Gasteiger partial charge in [-0.05, 0) is 35.8 Å². The Balaban J connectivity index is 1.65. The number of carbonyl (C=O) groups excluding carboxylic acids is 4. The maximum atomic E-state index is 13.8. The van der Waals surface area contributed by atoms with Gasteiger partial charge < -0.3 is 5.11 Å². The quantitative estimate of drug-likeness (QED) is 0.181. The van der Waals surface area contributed by atoms with Gasteiger partial charge in [0.1, 0.15) is 5.75 Å². The Kier molecular flexibility index (Phi) is 5.16. The highest BCUT2D eigenvalue weighted by atomic mass is 79.9. The van der Waals surface area contributed by atoms with E-state index in [1.165, 1.54) is 6.07 Å². The van der Waals surface area contributed by atoms with Crippen LogP contribution >= 0.6 is 39.1 Å². The Morgan fingerprint density at radius 2 is 1.67 bits per heavy atom. The minimum Gasteiger partial charge on any atom is -0.507 e. The van der Waals surface area contributed by atoms with Crippen molar-refractivity contribution >= 4 is 73.5 Å². The van der Waals surface area contributed by atoms with Crippen LogP contribution in [0.4, 0.5) is 0 Å². The third-order valence-corrected chi connectivity index (χ3v) is 10.2. The van der Waals surface area contributed by atoms with Gasteiger partial charge in [0.05, 0.1) is 17.3 Å². The summed E-state index contributed by atoms with van der Waals surface area (Å²) >= 11 is 17.5. The zero-order valence-corrected chi connectivity index (χ0v) is 21.6. The molecule has 4 aliphatic rings. The second-order valence-corrected chi connectivity index (χ2v) is 11.4. The topological polar surface area (TPSA) is 115 Å². The summed E-state index contributed by atoms with van der Waals surface area (Å²) in [4.78, 5) is 50.0. The van der Waals surface area contributed by atoms with Gasteiger partial charge in [-0.15, -0.1) is 23.2 Å². The van der Waals surface area contributed by atoms with E-state index in [1.54, 1.807) is 36.4 Å². The van der Waals surface area contributed by atoms with Crippen molar-refractivity contribution in [2.45, 2.75) is 28.5 Å². The number of hydrogen-bond acceptors (Lipinski definition) is 6. The van der Waals surface area contributed by atoms with E-state index in [2.05, 4.69) is 15.9 Å². The van der Waals surface area contributed by atoms with Crippen LogP contribution in [0, 0.1) is 17.8 Å². The molecule has 0 aromatic heterocycles. The van der Waals surface area contributed by atoms with Crippen molar-refractivity contribution in [3.05, 3.63) is 53.6 Å². The van der Waals surface area contributed by atoms with E-state index in [0.717, 1.165) is 4.90 Å². The summed E-state index contributed by atoms with van der Waals surface area (Å²) in [6, 6.07) is 10.2. The van der Waals surface area contributed by atoms with Crippen molar-refractivity contribution in [3.8, 4) is 5.75 Å². The number of imide groups is 2. The molecule has 8 nitrogen and oxygen atoms in total. The molecule has 11 heteroatoms. The van der Waals surface area contributed by atoms with Gasteiger partial charge in [0.2, 0.25) is 0 Å². The zero-order valence-electron chi connectivity index (χ0n) is 18.5. The predicted molar refractivity (Wildman–Crippen MR) is 133 cm³/mol. The number of rotatable bonds is 2. The van der Waals surface area contributed by atoms with Crippen LogP contribution < -0.4 is 0 Å². The molecule has 0 bridgehead atoms. The van der Waals surface area contributed by atoms with Crippen LogP contribution in [0.1, 0.15) is 24.3 Å². The summed E-state index contributed by atoms with van der Waals surface area (Å²) < 4.78 is 0. The van der Waals surface area contributed by atoms with Crippen molar-refractivity contribution in [2.75, 3.05) is 5.45 Å². The molecule has 4 amide bonds. The Bertz CT molecular complexity index is 1430. The maximum Gasteiger partial charge on any atom is 0.257 e. The smallest absolute Gasteiger partial charge is 0.257 e. The number of hydrogen-bond donors (Lipinski definition) is 2. The van der Waals surface area contributed by atoms with Crippen LogP contribution in [0.5, 0.6) is 5.75 Å². The molecule has 1 saturated carbocycles. The lowest BCUT2D eigenvalue weighted by molar-refractivity contribution is -0.173. The molecule has 2 N–H and O–H groups in total. The number of nitrogens with zero attached hydrogens (tertiary/aromatic N) is 2. The summed E-state index contributed by atoms with van der Waals surface area (Å²) in [5.74, 6) is -6.18. The van der Waals surface area contributed by atoms with Crippen molar-refractivity contribution in [1.29, 1.82) is 0 Å². The van der Waals surface area contributed by atoms with Gasteiger partial charge in [0.25, 0.3) is 23.6 Å². The highest BCUT2D eigenvalue weighted by molar-refractivity contribution is 9.09. The molecule has 6 atom stereocenters. The standard InChI is InChI=1S/C25H19BrCl2N2O6/c26-10-29-22(34)24(27)9-16-14(5-6-15-18(16)21(33)30(36)20(15)32)19(25(24,28)23(29)35)13-7-8-17(31)12-4-2-1-3-11(12)13/h1-5,7-8,15-16,18-19,31,36H,6,9-10H2. The predicted octanol–water partition coefficient (Wildman–Crippen LogP) is 3.65. The average Bonchev–Trinajstić information content (AvgIpc) is 3.18. The van der Waals surface area contributed by atoms with Crippen LogP contribution in [-0.2, 0) is 19.2 Å². The van der Waals surface area contributed by atoms with E-state index in [0.29, 0.717) is 21.9 Å². The van der Waals surface area contributed by atoms with Gasteiger partial charge in [-0.2, -0.15) is 5.06 Å². The molecule has 2 aliphatic heterocycles. The summed E-state index contributed by atoms with van der Waals surface area (Å²) in [5.41, 5.74) is 1.06. The highest BCUT2D eigenvalue weighted by Crippen LogP contribution is 2.66. The number of alkyl halides is 3. The third-order valence-electron chi connectivity index (χ3n) is 8.24. The van der Waals surface area contributed by atoms with Gasteiger partial charge >= 0.3 is 0 Å². The van der Waals surface area contributed by atoms with Crippen molar-refractivity contribution in [1.82, 2.24) is 9.96 Å². The largest absolute Gasteiger partial charge is 0.507 e. The van der Waals surface area contributed by atoms with E-state index in [4.69, 9.17) is 23.2 Å². The second kappa shape index (κ2) is 7.77. The normalized spacial score (nSPS) is 35.7. The Morgan fingerprint density at radius 1 is 0.972 bits per heavy atom. The van der Waals surface area contributed by atoms with Gasteiger partial charge in [-0.3, -0.25) is 29.3 Å². The van der Waals surface area contributed by atoms with Crippen LogP contribution in [0.15, 0.2) is 48.0 Å². The van der Waals surface area contributed by atoms with Crippen molar-refractivity contribution < 1.29 is 29.5 Å². The molecular formula is C25H19BrCl2N2O6. The van der Waals surface area contributed by atoms with E-state index in [-0.39, 0.29) is 29.1 Å². The third kappa shape index (κ3) is 2.69. The van der Waals surface area contributed by atoms with E-state index in [9.17, 15) is 29.5 Å². The Labute approximate surface area is 223 Å². The lowest BCUT2D eigenvalue weighted by Gasteiger charge is -2.51. The van der Waals surface area contributed by atoms with Gasteiger partial charge in [0, 0.05) is 11.3 Å². The number of aromatic hydroxyl groups is 1. The number of amides is 4. The van der Waals surface area contributed by atoms with E-state index < -0.39 is 57.0 Å². The molecule has 6 unspecified atom stereocenters. The first-order chi connectivity index (χ1) is 17.1. The number of phenolic OH excluding ortho intramolecular Hbond substituents is 1. The number of allylic oxidation sites excluding steroid dienone is 2. The SMILES string of the molecule is O=C1C2CC=C3C(CC4(Cl)C(=O)N(CBr)C(=O)C4(Cl)C3c3ccc(O)c4ccccc34)C2C(=O)N1O. The van der Waals surface area contributed by atoms with E-state index in [1.807, 2.05) is 0 Å². The van der Waals surface area contributed by atoms with Gasteiger partial charge in [0.15, 0.2) is 9.75 Å². The van der Waals surface area contributed by atoms with Crippen molar-refractivity contribution in [3.63, 3.8) is 0 Å². The summed E-state index contributed by atoms with van der Waals surface area (Å²) in [7, 11) is 0. The molecule has 2 aromatic carbocycles.